The third-order valence-corrected chi connectivity index (χ3v) is 3.43. The molecule has 1 aromatic carbocycles. The van der Waals surface area contributed by atoms with Gasteiger partial charge in [0, 0.05) is 12.7 Å². The van der Waals surface area contributed by atoms with Crippen molar-refractivity contribution in [3.8, 4) is 11.4 Å². The summed E-state index contributed by atoms with van der Waals surface area (Å²) >= 11 is 1.19. The van der Waals surface area contributed by atoms with Crippen molar-refractivity contribution in [1.82, 2.24) is 19.8 Å². The third kappa shape index (κ3) is 2.73. The summed E-state index contributed by atoms with van der Waals surface area (Å²) in [6, 6.07) is 5.86. The van der Waals surface area contributed by atoms with E-state index in [-0.39, 0.29) is 18.3 Å². The molecule has 0 saturated heterocycles. The second-order valence-electron chi connectivity index (χ2n) is 4.11. The molecule has 7 nitrogen and oxygen atoms in total. The van der Waals surface area contributed by atoms with Crippen LogP contribution in [0.15, 0.2) is 24.3 Å². The second kappa shape index (κ2) is 5.54. The summed E-state index contributed by atoms with van der Waals surface area (Å²) in [5.74, 6) is -0.149. The maximum absolute atomic E-state index is 12.9. The van der Waals surface area contributed by atoms with Gasteiger partial charge in [-0.05, 0) is 24.3 Å². The molecule has 1 N–H and O–H groups in total. The molecule has 2 aromatic heterocycles. The summed E-state index contributed by atoms with van der Waals surface area (Å²) in [5.41, 5.74) is 0.684. The van der Waals surface area contributed by atoms with Crippen LogP contribution < -0.4 is 5.32 Å². The van der Waals surface area contributed by atoms with Crippen molar-refractivity contribution in [2.75, 3.05) is 19.0 Å². The fourth-order valence-corrected chi connectivity index (χ4v) is 2.49. The smallest absolute Gasteiger partial charge is 0.252 e. The van der Waals surface area contributed by atoms with Crippen LogP contribution in [0.1, 0.15) is 0 Å². The minimum Gasteiger partial charge on any atom is -0.375 e. The highest BCUT2D eigenvalue weighted by Crippen LogP contribution is 2.24. The van der Waals surface area contributed by atoms with E-state index in [4.69, 9.17) is 4.74 Å². The number of nitrogens with zero attached hydrogens (tertiary/aromatic N) is 4. The van der Waals surface area contributed by atoms with Crippen LogP contribution in [-0.2, 0) is 9.53 Å². The Morgan fingerprint density at radius 3 is 2.86 bits per heavy atom. The van der Waals surface area contributed by atoms with Gasteiger partial charge in [0.05, 0.1) is 0 Å². The molecule has 0 aliphatic heterocycles. The molecule has 0 aliphatic carbocycles. The molecule has 0 saturated carbocycles. The quantitative estimate of drug-likeness (QED) is 0.791. The number of carbonyl (C=O) groups is 1. The number of hydrogen-bond donors (Lipinski definition) is 1. The number of aromatic nitrogens is 4. The Morgan fingerprint density at radius 1 is 1.38 bits per heavy atom. The molecule has 1 amide bonds. The number of ether oxygens (including phenoxy) is 1. The van der Waals surface area contributed by atoms with Crippen LogP contribution in [0.4, 0.5) is 9.52 Å². The molecule has 0 unspecified atom stereocenters. The van der Waals surface area contributed by atoms with E-state index < -0.39 is 0 Å². The van der Waals surface area contributed by atoms with Gasteiger partial charge >= 0.3 is 0 Å². The van der Waals surface area contributed by atoms with E-state index in [2.05, 4.69) is 20.6 Å². The molecule has 3 aromatic rings. The highest BCUT2D eigenvalue weighted by Gasteiger charge is 2.14. The van der Waals surface area contributed by atoms with Gasteiger partial charge in [-0.25, -0.2) is 4.39 Å². The van der Waals surface area contributed by atoms with Gasteiger partial charge in [-0.3, -0.25) is 10.1 Å². The number of anilines is 1. The number of hydrogen-bond acceptors (Lipinski definition) is 6. The summed E-state index contributed by atoms with van der Waals surface area (Å²) in [4.78, 5) is 12.0. The first-order valence-electron chi connectivity index (χ1n) is 5.94. The van der Waals surface area contributed by atoms with Gasteiger partial charge in [0.1, 0.15) is 12.4 Å². The van der Waals surface area contributed by atoms with Gasteiger partial charge in [0.2, 0.25) is 10.1 Å². The van der Waals surface area contributed by atoms with E-state index in [0.29, 0.717) is 21.5 Å². The largest absolute Gasteiger partial charge is 0.375 e. The Morgan fingerprint density at radius 2 is 2.14 bits per heavy atom. The standard InChI is InChI=1S/C12H10FN5O2S/c1-20-6-9(19)14-11-17-18-10(15-16-12(18)21-11)7-2-4-8(13)5-3-7/h2-5H,6H2,1H3,(H,14,17,19). The van der Waals surface area contributed by atoms with Crippen LogP contribution in [0, 0.1) is 5.82 Å². The van der Waals surface area contributed by atoms with Crippen LogP contribution >= 0.6 is 11.3 Å². The SMILES string of the molecule is COCC(=O)Nc1nn2c(-c3ccc(F)cc3)nnc2s1. The molecule has 0 fully saturated rings. The predicted octanol–water partition coefficient (Wildman–Crippen LogP) is 1.58. The molecule has 0 spiro atoms. The van der Waals surface area contributed by atoms with Gasteiger partial charge in [0.15, 0.2) is 5.82 Å². The minimum absolute atomic E-state index is 0.0506. The fourth-order valence-electron chi connectivity index (χ4n) is 1.73. The number of benzene rings is 1. The molecule has 21 heavy (non-hydrogen) atoms. The number of rotatable bonds is 4. The Kier molecular flexibility index (Phi) is 3.59. The van der Waals surface area contributed by atoms with Crippen LogP contribution in [0.5, 0.6) is 0 Å². The monoisotopic (exact) mass is 307 g/mol. The zero-order valence-corrected chi connectivity index (χ0v) is 11.7. The molecule has 0 atom stereocenters. The van der Waals surface area contributed by atoms with Gasteiger partial charge in [-0.15, -0.1) is 15.3 Å². The number of nitrogens with one attached hydrogen (secondary N) is 1. The number of fused-ring (bicyclic) bond motifs is 1. The first-order valence-corrected chi connectivity index (χ1v) is 6.76. The van der Waals surface area contributed by atoms with Gasteiger partial charge in [0.25, 0.3) is 5.91 Å². The molecule has 2 heterocycles. The summed E-state index contributed by atoms with van der Waals surface area (Å²) in [5, 5.41) is 15.2. The van der Waals surface area contributed by atoms with E-state index in [1.807, 2.05) is 0 Å². The molecular weight excluding hydrogens is 297 g/mol. The molecular formula is C12H10FN5O2S. The Balaban J connectivity index is 1.93. The minimum atomic E-state index is -0.328. The summed E-state index contributed by atoms with van der Waals surface area (Å²) in [6.45, 7) is -0.0506. The first kappa shape index (κ1) is 13.6. The molecule has 9 heteroatoms. The summed E-state index contributed by atoms with van der Waals surface area (Å²) < 4.78 is 19.2. The van der Waals surface area contributed by atoms with Crippen molar-refractivity contribution in [3.63, 3.8) is 0 Å². The second-order valence-corrected chi connectivity index (χ2v) is 5.07. The average molecular weight is 307 g/mol. The van der Waals surface area contributed by atoms with Crippen molar-refractivity contribution >= 4 is 27.3 Å². The molecule has 3 rings (SSSR count). The summed E-state index contributed by atoms with van der Waals surface area (Å²) in [7, 11) is 1.44. The number of halogens is 1. The summed E-state index contributed by atoms with van der Waals surface area (Å²) in [6.07, 6.45) is 0. The van der Waals surface area contributed by atoms with E-state index in [0.717, 1.165) is 0 Å². The highest BCUT2D eigenvalue weighted by atomic mass is 32.1. The fraction of sp³-hybridized carbons (Fsp3) is 0.167. The van der Waals surface area contributed by atoms with Crippen molar-refractivity contribution in [1.29, 1.82) is 0 Å². The third-order valence-electron chi connectivity index (χ3n) is 2.62. The number of amides is 1. The maximum atomic E-state index is 12.9. The van der Waals surface area contributed by atoms with Gasteiger partial charge in [-0.2, -0.15) is 4.52 Å². The van der Waals surface area contributed by atoms with Crippen molar-refractivity contribution in [3.05, 3.63) is 30.1 Å². The van der Waals surface area contributed by atoms with Crippen molar-refractivity contribution in [2.24, 2.45) is 0 Å². The average Bonchev–Trinajstić information content (AvgIpc) is 3.00. The van der Waals surface area contributed by atoms with Gasteiger partial charge < -0.3 is 4.74 Å². The van der Waals surface area contributed by atoms with E-state index in [1.165, 1.54) is 35.1 Å². The van der Waals surface area contributed by atoms with E-state index >= 15 is 0 Å². The van der Waals surface area contributed by atoms with E-state index in [9.17, 15) is 9.18 Å². The van der Waals surface area contributed by atoms with Crippen molar-refractivity contribution in [2.45, 2.75) is 0 Å². The lowest BCUT2D eigenvalue weighted by atomic mass is 10.2. The number of methoxy groups -OCH3 is 1. The Hall–Kier alpha value is -2.39. The first-order chi connectivity index (χ1) is 10.2. The lowest BCUT2D eigenvalue weighted by Gasteiger charge is -1.99. The topological polar surface area (TPSA) is 81.4 Å². The molecule has 0 bridgehead atoms. The Labute approximate surface area is 122 Å². The Bertz CT molecular complexity index is 783. The van der Waals surface area contributed by atoms with Gasteiger partial charge in [-0.1, -0.05) is 11.3 Å². The van der Waals surface area contributed by atoms with E-state index in [1.54, 1.807) is 12.1 Å². The lowest BCUT2D eigenvalue weighted by Crippen LogP contribution is -2.17. The predicted molar refractivity (Wildman–Crippen MR) is 74.6 cm³/mol. The van der Waals surface area contributed by atoms with Crippen LogP contribution in [0.2, 0.25) is 0 Å². The normalized spacial score (nSPS) is 11.0. The zero-order chi connectivity index (χ0) is 14.8. The molecule has 0 radical (unpaired) electrons. The molecule has 108 valence electrons. The zero-order valence-electron chi connectivity index (χ0n) is 10.9. The lowest BCUT2D eigenvalue weighted by molar-refractivity contribution is -0.119. The highest BCUT2D eigenvalue weighted by molar-refractivity contribution is 7.20. The van der Waals surface area contributed by atoms with Crippen LogP contribution in [0.25, 0.3) is 16.3 Å². The van der Waals surface area contributed by atoms with Crippen molar-refractivity contribution < 1.29 is 13.9 Å². The van der Waals surface area contributed by atoms with Crippen LogP contribution in [-0.4, -0.2) is 39.4 Å². The maximum Gasteiger partial charge on any atom is 0.252 e. The van der Waals surface area contributed by atoms with Crippen LogP contribution in [0.3, 0.4) is 0 Å². The number of carbonyl (C=O) groups excluding carboxylic acids is 1. The molecule has 0 aliphatic rings.